The number of halogens is 3. The van der Waals surface area contributed by atoms with E-state index in [4.69, 9.17) is 5.26 Å². The highest BCUT2D eigenvalue weighted by Gasteiger charge is 2.34. The van der Waals surface area contributed by atoms with Gasteiger partial charge in [0.25, 0.3) is 0 Å². The summed E-state index contributed by atoms with van der Waals surface area (Å²) in [6.45, 7) is 0. The van der Waals surface area contributed by atoms with E-state index >= 15 is 0 Å². The summed E-state index contributed by atoms with van der Waals surface area (Å²) in [5, 5.41) is 8.97. The van der Waals surface area contributed by atoms with Crippen LogP contribution in [0, 0.1) is 11.3 Å². The maximum Gasteiger partial charge on any atom is 0.417 e. The van der Waals surface area contributed by atoms with E-state index in [9.17, 15) is 13.2 Å². The van der Waals surface area contributed by atoms with E-state index in [1.54, 1.807) is 36.4 Å². The van der Waals surface area contributed by atoms with Crippen LogP contribution in [0.25, 0.3) is 11.1 Å². The predicted octanol–water partition coefficient (Wildman–Crippen LogP) is 4.24. The Labute approximate surface area is 102 Å². The van der Waals surface area contributed by atoms with Gasteiger partial charge >= 0.3 is 6.18 Å². The molecule has 0 radical (unpaired) electrons. The van der Waals surface area contributed by atoms with Gasteiger partial charge in [-0.2, -0.15) is 18.4 Å². The second-order valence-corrected chi connectivity index (χ2v) is 3.70. The smallest absolute Gasteiger partial charge is 0.192 e. The Hall–Kier alpha value is -2.28. The standard InChI is InChI=1S/C14H8F3N/c15-14(16,17)13-8-4-7-11(12(13)9-18)10-5-2-1-3-6-10/h1-8H. The molecule has 4 heteroatoms. The molecule has 0 heterocycles. The summed E-state index contributed by atoms with van der Waals surface area (Å²) in [6.07, 6.45) is -4.52. The fourth-order valence-electron chi connectivity index (χ4n) is 1.77. The summed E-state index contributed by atoms with van der Waals surface area (Å²) in [4.78, 5) is 0. The Bertz CT molecular complexity index is 595. The van der Waals surface area contributed by atoms with Crippen molar-refractivity contribution in [3.63, 3.8) is 0 Å². The molecule has 0 spiro atoms. The van der Waals surface area contributed by atoms with Gasteiger partial charge in [-0.3, -0.25) is 0 Å². The maximum absolute atomic E-state index is 12.8. The number of nitriles is 1. The van der Waals surface area contributed by atoms with Crippen molar-refractivity contribution in [2.24, 2.45) is 0 Å². The molecule has 0 aromatic heterocycles. The summed E-state index contributed by atoms with van der Waals surface area (Å²) in [7, 11) is 0. The summed E-state index contributed by atoms with van der Waals surface area (Å²) < 4.78 is 38.3. The van der Waals surface area contributed by atoms with Crippen LogP contribution in [0.3, 0.4) is 0 Å². The van der Waals surface area contributed by atoms with Crippen molar-refractivity contribution in [2.45, 2.75) is 6.18 Å². The van der Waals surface area contributed by atoms with Gasteiger partial charge < -0.3 is 0 Å². The monoisotopic (exact) mass is 247 g/mol. The number of hydrogen-bond donors (Lipinski definition) is 0. The number of rotatable bonds is 1. The van der Waals surface area contributed by atoms with Gasteiger partial charge in [-0.1, -0.05) is 42.5 Å². The molecule has 0 unspecified atom stereocenters. The van der Waals surface area contributed by atoms with Crippen LogP contribution in [0.2, 0.25) is 0 Å². The van der Waals surface area contributed by atoms with Crippen LogP contribution in [0.4, 0.5) is 13.2 Å². The Morgan fingerprint density at radius 3 is 2.11 bits per heavy atom. The molecule has 0 saturated heterocycles. The largest absolute Gasteiger partial charge is 0.417 e. The van der Waals surface area contributed by atoms with Crippen molar-refractivity contribution in [1.29, 1.82) is 5.26 Å². The topological polar surface area (TPSA) is 23.8 Å². The first-order chi connectivity index (χ1) is 8.54. The third-order valence-corrected chi connectivity index (χ3v) is 2.57. The Morgan fingerprint density at radius 2 is 1.56 bits per heavy atom. The van der Waals surface area contributed by atoms with Crippen LogP contribution in [0.5, 0.6) is 0 Å². The molecule has 2 rings (SSSR count). The Morgan fingerprint density at radius 1 is 0.889 bits per heavy atom. The van der Waals surface area contributed by atoms with Crippen LogP contribution in [-0.2, 0) is 6.18 Å². The predicted molar refractivity (Wildman–Crippen MR) is 61.6 cm³/mol. The second-order valence-electron chi connectivity index (χ2n) is 3.70. The van der Waals surface area contributed by atoms with Crippen molar-refractivity contribution in [1.82, 2.24) is 0 Å². The zero-order chi connectivity index (χ0) is 13.2. The van der Waals surface area contributed by atoms with Gasteiger partial charge in [0.1, 0.15) is 6.07 Å². The summed E-state index contributed by atoms with van der Waals surface area (Å²) in [6, 6.07) is 14.0. The van der Waals surface area contributed by atoms with Crippen LogP contribution in [-0.4, -0.2) is 0 Å². The Balaban J connectivity index is 2.68. The molecule has 0 saturated carbocycles. The highest BCUT2D eigenvalue weighted by molar-refractivity contribution is 5.72. The van der Waals surface area contributed by atoms with Gasteiger partial charge in [0.2, 0.25) is 0 Å². The SMILES string of the molecule is N#Cc1c(-c2ccccc2)cccc1C(F)(F)F. The van der Waals surface area contributed by atoms with Crippen molar-refractivity contribution < 1.29 is 13.2 Å². The fraction of sp³-hybridized carbons (Fsp3) is 0.0714. The lowest BCUT2D eigenvalue weighted by atomic mass is 9.96. The van der Waals surface area contributed by atoms with E-state index in [1.807, 2.05) is 0 Å². The first kappa shape index (κ1) is 12.2. The lowest BCUT2D eigenvalue weighted by Gasteiger charge is -2.12. The minimum absolute atomic E-state index is 0.299. The quantitative estimate of drug-likeness (QED) is 0.739. The lowest BCUT2D eigenvalue weighted by molar-refractivity contribution is -0.137. The number of nitrogens with zero attached hydrogens (tertiary/aromatic N) is 1. The van der Waals surface area contributed by atoms with E-state index in [0.717, 1.165) is 6.07 Å². The molecule has 0 N–H and O–H groups in total. The van der Waals surface area contributed by atoms with Gasteiger partial charge in [-0.25, -0.2) is 0 Å². The highest BCUT2D eigenvalue weighted by Crippen LogP contribution is 2.36. The molecule has 0 aliphatic heterocycles. The Kier molecular flexibility index (Phi) is 3.07. The summed E-state index contributed by atoms with van der Waals surface area (Å²) in [5.41, 5.74) is -0.337. The molecule has 2 aromatic rings. The van der Waals surface area contributed by atoms with E-state index in [2.05, 4.69) is 0 Å². The highest BCUT2D eigenvalue weighted by atomic mass is 19.4. The number of benzene rings is 2. The van der Waals surface area contributed by atoms with Crippen LogP contribution in [0.1, 0.15) is 11.1 Å². The minimum atomic E-state index is -4.52. The zero-order valence-corrected chi connectivity index (χ0v) is 9.20. The zero-order valence-electron chi connectivity index (χ0n) is 9.20. The summed E-state index contributed by atoms with van der Waals surface area (Å²) >= 11 is 0. The van der Waals surface area contributed by atoms with Gasteiger partial charge in [-0.15, -0.1) is 0 Å². The van der Waals surface area contributed by atoms with Crippen LogP contribution >= 0.6 is 0 Å². The molecule has 0 aliphatic rings. The normalized spacial score (nSPS) is 11.0. The van der Waals surface area contributed by atoms with Crippen LogP contribution in [0.15, 0.2) is 48.5 Å². The van der Waals surface area contributed by atoms with E-state index < -0.39 is 11.7 Å². The molecule has 0 atom stereocenters. The molecule has 90 valence electrons. The van der Waals surface area contributed by atoms with E-state index in [1.165, 1.54) is 12.1 Å². The maximum atomic E-state index is 12.8. The van der Waals surface area contributed by atoms with E-state index in [-0.39, 0.29) is 5.56 Å². The van der Waals surface area contributed by atoms with E-state index in [0.29, 0.717) is 11.1 Å². The third kappa shape index (κ3) is 2.21. The summed E-state index contributed by atoms with van der Waals surface area (Å²) in [5.74, 6) is 0. The molecule has 2 aromatic carbocycles. The molecular weight excluding hydrogens is 239 g/mol. The molecular formula is C14H8F3N. The first-order valence-electron chi connectivity index (χ1n) is 5.20. The molecule has 0 aliphatic carbocycles. The van der Waals surface area contributed by atoms with Crippen molar-refractivity contribution in [3.05, 3.63) is 59.7 Å². The molecule has 18 heavy (non-hydrogen) atoms. The second kappa shape index (κ2) is 4.53. The van der Waals surface area contributed by atoms with Crippen molar-refractivity contribution >= 4 is 0 Å². The molecule has 0 fully saturated rings. The van der Waals surface area contributed by atoms with Gasteiger partial charge in [0, 0.05) is 5.56 Å². The lowest BCUT2D eigenvalue weighted by Crippen LogP contribution is -2.08. The fourth-order valence-corrected chi connectivity index (χ4v) is 1.77. The number of hydrogen-bond acceptors (Lipinski definition) is 1. The molecule has 0 bridgehead atoms. The van der Waals surface area contributed by atoms with Crippen molar-refractivity contribution in [2.75, 3.05) is 0 Å². The third-order valence-electron chi connectivity index (χ3n) is 2.57. The average molecular weight is 247 g/mol. The van der Waals surface area contributed by atoms with Crippen LogP contribution < -0.4 is 0 Å². The average Bonchev–Trinajstić information content (AvgIpc) is 2.37. The van der Waals surface area contributed by atoms with Gasteiger partial charge in [-0.05, 0) is 11.6 Å². The van der Waals surface area contributed by atoms with Crippen molar-refractivity contribution in [3.8, 4) is 17.2 Å². The molecule has 0 amide bonds. The number of alkyl halides is 3. The minimum Gasteiger partial charge on any atom is -0.192 e. The van der Waals surface area contributed by atoms with Gasteiger partial charge in [0.05, 0.1) is 11.1 Å². The van der Waals surface area contributed by atoms with Gasteiger partial charge in [0.15, 0.2) is 0 Å². The molecule has 1 nitrogen and oxygen atoms in total. The first-order valence-corrected chi connectivity index (χ1v) is 5.20.